The van der Waals surface area contributed by atoms with Crippen LogP contribution >= 0.6 is 11.3 Å². The number of rotatable bonds is 8. The molecular formula is C30H28N4O3S2. The van der Waals surface area contributed by atoms with Crippen molar-refractivity contribution in [1.29, 1.82) is 5.26 Å². The van der Waals surface area contributed by atoms with E-state index in [0.29, 0.717) is 21.8 Å². The number of hydrogen-bond donors (Lipinski definition) is 1. The van der Waals surface area contributed by atoms with E-state index in [9.17, 15) is 18.5 Å². The molecule has 0 saturated carbocycles. The maximum absolute atomic E-state index is 13.3. The molecule has 1 aliphatic rings. The highest BCUT2D eigenvalue weighted by molar-refractivity contribution is 7.92. The predicted molar refractivity (Wildman–Crippen MR) is 154 cm³/mol. The molecule has 1 amide bonds. The lowest BCUT2D eigenvalue weighted by Crippen LogP contribution is -2.30. The highest BCUT2D eigenvalue weighted by Gasteiger charge is 2.27. The summed E-state index contributed by atoms with van der Waals surface area (Å²) in [5, 5.41) is 13.3. The Morgan fingerprint density at radius 3 is 2.33 bits per heavy atom. The number of nitriles is 1. The first-order valence-electron chi connectivity index (χ1n) is 12.7. The van der Waals surface area contributed by atoms with Crippen molar-refractivity contribution in [1.82, 2.24) is 4.90 Å². The van der Waals surface area contributed by atoms with E-state index in [0.717, 1.165) is 36.5 Å². The molecule has 0 spiro atoms. The van der Waals surface area contributed by atoms with Gasteiger partial charge in [-0.2, -0.15) is 5.26 Å². The summed E-state index contributed by atoms with van der Waals surface area (Å²) in [6.45, 7) is 4.45. The number of carbonyl (C=O) groups excluding carboxylic acids is 1. The van der Waals surface area contributed by atoms with Crippen LogP contribution in [-0.2, 0) is 29.5 Å². The minimum atomic E-state index is -3.79. The summed E-state index contributed by atoms with van der Waals surface area (Å²) < 4.78 is 27.9. The number of carbonyl (C=O) groups is 1. The number of thiophene rings is 1. The van der Waals surface area contributed by atoms with Crippen molar-refractivity contribution in [3.63, 3.8) is 0 Å². The van der Waals surface area contributed by atoms with Gasteiger partial charge in [-0.25, -0.2) is 8.42 Å². The zero-order valence-electron chi connectivity index (χ0n) is 21.5. The summed E-state index contributed by atoms with van der Waals surface area (Å²) in [4.78, 5) is 16.6. The number of hydrogen-bond acceptors (Lipinski definition) is 6. The van der Waals surface area contributed by atoms with Crippen molar-refractivity contribution in [3.8, 4) is 6.07 Å². The molecule has 198 valence electrons. The van der Waals surface area contributed by atoms with Gasteiger partial charge in [-0.05, 0) is 60.9 Å². The maximum atomic E-state index is 13.3. The standard InChI is InChI=1S/C30H28N4O3S2/c1-2-34(24-11-7-4-8-12-24)39(36,37)25-15-13-23(14-16-25)29(35)32-30-27(19-31)26-17-18-33(21-28(26)38-30)20-22-9-5-3-6-10-22/h3-16H,2,17-18,20-21H2,1H3,(H,32,35). The second kappa shape index (κ2) is 11.4. The van der Waals surface area contributed by atoms with Crippen LogP contribution in [0.2, 0.25) is 0 Å². The number of nitrogens with zero attached hydrogens (tertiary/aromatic N) is 3. The van der Waals surface area contributed by atoms with Crippen LogP contribution in [0.25, 0.3) is 0 Å². The number of anilines is 2. The summed E-state index contributed by atoms with van der Waals surface area (Å²) in [6.07, 6.45) is 0.749. The van der Waals surface area contributed by atoms with Crippen LogP contribution in [0.15, 0.2) is 89.8 Å². The van der Waals surface area contributed by atoms with Crippen LogP contribution in [0.4, 0.5) is 10.7 Å². The first-order valence-corrected chi connectivity index (χ1v) is 15.0. The molecule has 7 nitrogen and oxygen atoms in total. The molecule has 3 aromatic carbocycles. The van der Waals surface area contributed by atoms with Gasteiger partial charge in [0.1, 0.15) is 11.1 Å². The average Bonchev–Trinajstić information content (AvgIpc) is 3.30. The van der Waals surface area contributed by atoms with Gasteiger partial charge in [0.2, 0.25) is 0 Å². The monoisotopic (exact) mass is 556 g/mol. The first-order chi connectivity index (χ1) is 18.9. The third-order valence-electron chi connectivity index (χ3n) is 6.76. The molecule has 0 atom stereocenters. The second-order valence-electron chi connectivity index (χ2n) is 9.25. The number of benzene rings is 3. The van der Waals surface area contributed by atoms with E-state index >= 15 is 0 Å². The quantitative estimate of drug-likeness (QED) is 0.303. The van der Waals surface area contributed by atoms with Gasteiger partial charge in [0.25, 0.3) is 15.9 Å². The maximum Gasteiger partial charge on any atom is 0.264 e. The third-order valence-corrected chi connectivity index (χ3v) is 9.81. The Morgan fingerprint density at radius 2 is 1.69 bits per heavy atom. The lowest BCUT2D eigenvalue weighted by molar-refractivity contribution is 0.102. The van der Waals surface area contributed by atoms with Crippen LogP contribution in [0, 0.1) is 11.3 Å². The number of nitrogens with one attached hydrogen (secondary N) is 1. The molecule has 1 aromatic heterocycles. The van der Waals surface area contributed by atoms with E-state index in [2.05, 4.69) is 28.4 Å². The van der Waals surface area contributed by atoms with Gasteiger partial charge in [0.05, 0.1) is 16.1 Å². The molecule has 1 N–H and O–H groups in total. The van der Waals surface area contributed by atoms with Gasteiger partial charge in [0.15, 0.2) is 0 Å². The Morgan fingerprint density at radius 1 is 1.03 bits per heavy atom. The van der Waals surface area contributed by atoms with Crippen LogP contribution in [0.1, 0.15) is 38.8 Å². The Labute approximate surface area is 233 Å². The summed E-state index contributed by atoms with van der Waals surface area (Å²) >= 11 is 1.44. The number of sulfonamides is 1. The fraction of sp³-hybridized carbons (Fsp3) is 0.200. The zero-order valence-corrected chi connectivity index (χ0v) is 23.1. The third kappa shape index (κ3) is 5.59. The SMILES string of the molecule is CCN(c1ccccc1)S(=O)(=O)c1ccc(C(=O)Nc2sc3c(c2C#N)CCN(Cc2ccccc2)C3)cc1. The van der Waals surface area contributed by atoms with Crippen molar-refractivity contribution in [2.24, 2.45) is 0 Å². The lowest BCUT2D eigenvalue weighted by atomic mass is 10.0. The minimum absolute atomic E-state index is 0.104. The van der Waals surface area contributed by atoms with Crippen LogP contribution in [0.3, 0.4) is 0 Å². The van der Waals surface area contributed by atoms with E-state index < -0.39 is 10.0 Å². The van der Waals surface area contributed by atoms with Crippen molar-refractivity contribution < 1.29 is 13.2 Å². The van der Waals surface area contributed by atoms with Crippen molar-refractivity contribution in [2.45, 2.75) is 31.3 Å². The van der Waals surface area contributed by atoms with E-state index in [1.165, 1.54) is 45.5 Å². The Kier molecular flexibility index (Phi) is 7.79. The molecule has 1 aliphatic heterocycles. The van der Waals surface area contributed by atoms with Crippen LogP contribution < -0.4 is 9.62 Å². The van der Waals surface area contributed by atoms with E-state index in [4.69, 9.17) is 0 Å². The number of fused-ring (bicyclic) bond motifs is 1. The molecule has 4 aromatic rings. The molecule has 39 heavy (non-hydrogen) atoms. The highest BCUT2D eigenvalue weighted by atomic mass is 32.2. The smallest absolute Gasteiger partial charge is 0.264 e. The fourth-order valence-corrected chi connectivity index (χ4v) is 7.51. The molecule has 0 fully saturated rings. The number of amides is 1. The van der Waals surface area contributed by atoms with E-state index in [1.807, 2.05) is 24.3 Å². The summed E-state index contributed by atoms with van der Waals surface area (Å²) in [5.41, 5.74) is 3.66. The molecule has 0 saturated heterocycles. The van der Waals surface area contributed by atoms with Crippen LogP contribution in [0.5, 0.6) is 0 Å². The predicted octanol–water partition coefficient (Wildman–Crippen LogP) is 5.65. The second-order valence-corrected chi connectivity index (χ2v) is 12.2. The molecular weight excluding hydrogens is 528 g/mol. The Hall–Kier alpha value is -3.97. The Bertz CT molecular complexity index is 1610. The van der Waals surface area contributed by atoms with E-state index in [-0.39, 0.29) is 17.3 Å². The summed E-state index contributed by atoms with van der Waals surface area (Å²) in [7, 11) is -3.79. The molecule has 0 radical (unpaired) electrons. The molecule has 0 unspecified atom stereocenters. The highest BCUT2D eigenvalue weighted by Crippen LogP contribution is 2.37. The van der Waals surface area contributed by atoms with Crippen molar-refractivity contribution in [2.75, 3.05) is 22.7 Å². The molecule has 0 bridgehead atoms. The van der Waals surface area contributed by atoms with Gasteiger partial charge in [-0.1, -0.05) is 48.5 Å². The minimum Gasteiger partial charge on any atom is -0.312 e. The van der Waals surface area contributed by atoms with Crippen molar-refractivity contribution in [3.05, 3.63) is 112 Å². The van der Waals surface area contributed by atoms with Crippen molar-refractivity contribution >= 4 is 38.0 Å². The molecule has 5 rings (SSSR count). The normalized spacial score (nSPS) is 13.3. The number of para-hydroxylation sites is 1. The average molecular weight is 557 g/mol. The first kappa shape index (κ1) is 26.6. The topological polar surface area (TPSA) is 93.5 Å². The fourth-order valence-electron chi connectivity index (χ4n) is 4.81. The molecule has 2 heterocycles. The lowest BCUT2D eigenvalue weighted by Gasteiger charge is -2.26. The van der Waals surface area contributed by atoms with Gasteiger partial charge < -0.3 is 5.32 Å². The Balaban J connectivity index is 1.31. The van der Waals surface area contributed by atoms with Gasteiger partial charge in [-0.15, -0.1) is 11.3 Å². The summed E-state index contributed by atoms with van der Waals surface area (Å²) in [5.74, 6) is -0.384. The van der Waals surface area contributed by atoms with Gasteiger partial charge in [-0.3, -0.25) is 14.0 Å². The molecule has 9 heteroatoms. The van der Waals surface area contributed by atoms with E-state index in [1.54, 1.807) is 31.2 Å². The van der Waals surface area contributed by atoms with Gasteiger partial charge >= 0.3 is 0 Å². The zero-order chi connectivity index (χ0) is 27.4. The van der Waals surface area contributed by atoms with Crippen LogP contribution in [-0.4, -0.2) is 32.3 Å². The molecule has 0 aliphatic carbocycles. The largest absolute Gasteiger partial charge is 0.312 e. The van der Waals surface area contributed by atoms with Gasteiger partial charge in [0, 0.05) is 36.6 Å². The summed E-state index contributed by atoms with van der Waals surface area (Å²) in [6, 6.07) is 27.4.